The Kier molecular flexibility index (Phi) is 2.41. The molecule has 0 radical (unpaired) electrons. The predicted molar refractivity (Wildman–Crippen MR) is 54.7 cm³/mol. The maximum Gasteiger partial charge on any atom is 0.310 e. The molecule has 1 aliphatic rings. The van der Waals surface area contributed by atoms with Crippen LogP contribution in [0.1, 0.15) is 18.9 Å². The topological polar surface area (TPSA) is 55.4 Å². The summed E-state index contributed by atoms with van der Waals surface area (Å²) in [6, 6.07) is 5.25. The van der Waals surface area contributed by atoms with Crippen LogP contribution in [-0.4, -0.2) is 11.9 Å². The molecule has 1 heterocycles. The second-order valence-electron chi connectivity index (χ2n) is 3.33. The molecule has 0 saturated heterocycles. The van der Waals surface area contributed by atoms with Gasteiger partial charge >= 0.3 is 5.97 Å². The number of amides is 1. The van der Waals surface area contributed by atoms with Crippen molar-refractivity contribution in [3.63, 3.8) is 0 Å². The van der Waals surface area contributed by atoms with E-state index in [0.29, 0.717) is 12.2 Å². The number of ether oxygens (including phenoxy) is 1. The number of hydrogen-bond acceptors (Lipinski definition) is 3. The van der Waals surface area contributed by atoms with Gasteiger partial charge in [-0.3, -0.25) is 9.59 Å². The number of hydrogen-bond donors (Lipinski definition) is 1. The molecule has 4 nitrogen and oxygen atoms in total. The number of carbonyl (C=O) groups is 2. The van der Waals surface area contributed by atoms with E-state index in [-0.39, 0.29) is 18.3 Å². The molecular formula is C11H11NO3. The summed E-state index contributed by atoms with van der Waals surface area (Å²) in [6.45, 7) is 1.73. The summed E-state index contributed by atoms with van der Waals surface area (Å²) in [4.78, 5) is 22.3. The predicted octanol–water partition coefficient (Wildman–Crippen LogP) is 1.50. The fraction of sp³-hybridized carbons (Fsp3) is 0.273. The summed E-state index contributed by atoms with van der Waals surface area (Å²) in [6.07, 6.45) is 0.605. The Labute approximate surface area is 87.2 Å². The van der Waals surface area contributed by atoms with Crippen molar-refractivity contribution in [2.45, 2.75) is 19.8 Å². The van der Waals surface area contributed by atoms with E-state index in [4.69, 9.17) is 4.74 Å². The van der Waals surface area contributed by atoms with Crippen molar-refractivity contribution in [2.24, 2.45) is 0 Å². The molecule has 1 N–H and O–H groups in total. The van der Waals surface area contributed by atoms with Crippen molar-refractivity contribution in [1.29, 1.82) is 0 Å². The van der Waals surface area contributed by atoms with Gasteiger partial charge in [0.1, 0.15) is 5.75 Å². The Morgan fingerprint density at radius 3 is 3.07 bits per heavy atom. The number of rotatable bonds is 2. The van der Waals surface area contributed by atoms with Crippen LogP contribution in [0, 0.1) is 0 Å². The lowest BCUT2D eigenvalue weighted by Crippen LogP contribution is -2.07. The minimum atomic E-state index is -0.289. The molecule has 15 heavy (non-hydrogen) atoms. The van der Waals surface area contributed by atoms with Gasteiger partial charge in [-0.05, 0) is 12.1 Å². The van der Waals surface area contributed by atoms with E-state index in [2.05, 4.69) is 5.32 Å². The zero-order valence-corrected chi connectivity index (χ0v) is 8.37. The van der Waals surface area contributed by atoms with Crippen LogP contribution in [0.2, 0.25) is 0 Å². The fourth-order valence-electron chi connectivity index (χ4n) is 1.51. The van der Waals surface area contributed by atoms with E-state index in [1.807, 2.05) is 0 Å². The molecule has 0 spiro atoms. The minimum Gasteiger partial charge on any atom is -0.426 e. The molecule has 0 saturated carbocycles. The van der Waals surface area contributed by atoms with Gasteiger partial charge < -0.3 is 10.1 Å². The average Bonchev–Trinajstić information content (AvgIpc) is 2.59. The largest absolute Gasteiger partial charge is 0.426 e. The number of nitrogens with one attached hydrogen (secondary N) is 1. The smallest absolute Gasteiger partial charge is 0.310 e. The highest BCUT2D eigenvalue weighted by Crippen LogP contribution is 2.31. The van der Waals surface area contributed by atoms with Gasteiger partial charge in [0.2, 0.25) is 5.91 Å². The molecule has 1 aliphatic heterocycles. The Balaban J connectivity index is 2.30. The van der Waals surface area contributed by atoms with E-state index in [1.165, 1.54) is 0 Å². The third-order valence-corrected chi connectivity index (χ3v) is 2.26. The zero-order valence-electron chi connectivity index (χ0n) is 8.37. The maximum atomic E-state index is 11.2. The molecule has 0 aromatic heterocycles. The van der Waals surface area contributed by atoms with Crippen molar-refractivity contribution in [3.8, 4) is 5.75 Å². The van der Waals surface area contributed by atoms with Crippen molar-refractivity contribution < 1.29 is 14.3 Å². The summed E-state index contributed by atoms with van der Waals surface area (Å²) < 4.78 is 5.12. The SMILES string of the molecule is CCC(=O)Oc1cccc2c1CC(=O)N2. The molecule has 0 unspecified atom stereocenters. The molecule has 1 amide bonds. The summed E-state index contributed by atoms with van der Waals surface area (Å²) in [5.74, 6) is 0.130. The third-order valence-electron chi connectivity index (χ3n) is 2.26. The van der Waals surface area contributed by atoms with Crippen LogP contribution in [0.3, 0.4) is 0 Å². The normalized spacial score (nSPS) is 13.3. The van der Waals surface area contributed by atoms with Crippen LogP contribution < -0.4 is 10.1 Å². The lowest BCUT2D eigenvalue weighted by atomic mass is 10.1. The molecule has 0 fully saturated rings. The van der Waals surface area contributed by atoms with Gasteiger partial charge in [-0.15, -0.1) is 0 Å². The van der Waals surface area contributed by atoms with Gasteiger partial charge in [0, 0.05) is 17.7 Å². The molecular weight excluding hydrogens is 194 g/mol. The van der Waals surface area contributed by atoms with Crippen LogP contribution in [0.15, 0.2) is 18.2 Å². The minimum absolute atomic E-state index is 0.0648. The highest BCUT2D eigenvalue weighted by atomic mass is 16.5. The van der Waals surface area contributed by atoms with Crippen molar-refractivity contribution in [2.75, 3.05) is 5.32 Å². The van der Waals surface area contributed by atoms with Crippen molar-refractivity contribution in [1.82, 2.24) is 0 Å². The first-order valence-electron chi connectivity index (χ1n) is 4.83. The Hall–Kier alpha value is -1.84. The van der Waals surface area contributed by atoms with Gasteiger partial charge in [0.05, 0.1) is 6.42 Å². The third kappa shape index (κ3) is 1.83. The Morgan fingerprint density at radius 1 is 1.53 bits per heavy atom. The van der Waals surface area contributed by atoms with Crippen LogP contribution >= 0.6 is 0 Å². The molecule has 78 valence electrons. The highest BCUT2D eigenvalue weighted by molar-refractivity contribution is 6.00. The molecule has 1 aromatic rings. The summed E-state index contributed by atoms with van der Waals surface area (Å²) in [5, 5.41) is 2.70. The molecule has 0 atom stereocenters. The quantitative estimate of drug-likeness (QED) is 0.588. The van der Waals surface area contributed by atoms with Crippen molar-refractivity contribution >= 4 is 17.6 Å². The molecule has 4 heteroatoms. The molecule has 0 aliphatic carbocycles. The van der Waals surface area contributed by atoms with Crippen LogP contribution in [0.25, 0.3) is 0 Å². The lowest BCUT2D eigenvalue weighted by Gasteiger charge is -2.06. The van der Waals surface area contributed by atoms with Gasteiger partial charge in [-0.1, -0.05) is 13.0 Å². The van der Waals surface area contributed by atoms with Crippen LogP contribution in [-0.2, 0) is 16.0 Å². The zero-order chi connectivity index (χ0) is 10.8. The standard InChI is InChI=1S/C11H11NO3/c1-2-11(14)15-9-5-3-4-8-7(9)6-10(13)12-8/h3-5H,2,6H2,1H3,(H,12,13). The number of esters is 1. The van der Waals surface area contributed by atoms with E-state index in [1.54, 1.807) is 25.1 Å². The first-order valence-corrected chi connectivity index (χ1v) is 4.83. The first kappa shape index (κ1) is 9.71. The van der Waals surface area contributed by atoms with E-state index >= 15 is 0 Å². The second-order valence-corrected chi connectivity index (χ2v) is 3.33. The van der Waals surface area contributed by atoms with E-state index in [0.717, 1.165) is 11.3 Å². The monoisotopic (exact) mass is 205 g/mol. The molecule has 2 rings (SSSR count). The number of anilines is 1. The number of benzene rings is 1. The lowest BCUT2D eigenvalue weighted by molar-refractivity contribution is -0.134. The van der Waals surface area contributed by atoms with Gasteiger partial charge in [-0.2, -0.15) is 0 Å². The van der Waals surface area contributed by atoms with Crippen LogP contribution in [0.5, 0.6) is 5.75 Å². The molecule has 0 bridgehead atoms. The average molecular weight is 205 g/mol. The second kappa shape index (κ2) is 3.73. The Bertz CT molecular complexity index is 426. The van der Waals surface area contributed by atoms with Gasteiger partial charge in [-0.25, -0.2) is 0 Å². The van der Waals surface area contributed by atoms with Gasteiger partial charge in [0.15, 0.2) is 0 Å². The summed E-state index contributed by atoms with van der Waals surface area (Å²) in [5.41, 5.74) is 1.51. The van der Waals surface area contributed by atoms with Gasteiger partial charge in [0.25, 0.3) is 0 Å². The highest BCUT2D eigenvalue weighted by Gasteiger charge is 2.22. The number of carbonyl (C=O) groups excluding carboxylic acids is 2. The first-order chi connectivity index (χ1) is 7.20. The van der Waals surface area contributed by atoms with Crippen LogP contribution in [0.4, 0.5) is 5.69 Å². The maximum absolute atomic E-state index is 11.2. The molecule has 1 aromatic carbocycles. The Morgan fingerprint density at radius 2 is 2.33 bits per heavy atom. The number of fused-ring (bicyclic) bond motifs is 1. The fourth-order valence-corrected chi connectivity index (χ4v) is 1.51. The van der Waals surface area contributed by atoms with Crippen molar-refractivity contribution in [3.05, 3.63) is 23.8 Å². The summed E-state index contributed by atoms with van der Waals surface area (Å²) >= 11 is 0. The van der Waals surface area contributed by atoms with E-state index in [9.17, 15) is 9.59 Å². The summed E-state index contributed by atoms with van der Waals surface area (Å²) in [7, 11) is 0. The van der Waals surface area contributed by atoms with E-state index < -0.39 is 0 Å².